The van der Waals surface area contributed by atoms with Gasteiger partial charge in [-0.25, -0.2) is 9.59 Å². The van der Waals surface area contributed by atoms with Gasteiger partial charge >= 0.3 is 12.2 Å². The average Bonchev–Trinajstić information content (AvgIpc) is 2.89. The van der Waals surface area contributed by atoms with E-state index in [4.69, 9.17) is 13.9 Å². The fourth-order valence-electron chi connectivity index (χ4n) is 4.81. The minimum absolute atomic E-state index is 0.0594. The van der Waals surface area contributed by atoms with Crippen molar-refractivity contribution in [1.82, 2.24) is 9.88 Å². The van der Waals surface area contributed by atoms with E-state index in [-0.39, 0.29) is 35.9 Å². The molecule has 1 aromatic heterocycles. The number of amides is 1. The monoisotopic (exact) mass is 624 g/mol. The third-order valence-corrected chi connectivity index (χ3v) is 12.6. The molecular weight excluding hydrogens is 580 g/mol. The van der Waals surface area contributed by atoms with Gasteiger partial charge in [0.2, 0.25) is 5.56 Å². The molecule has 0 saturated heterocycles. The van der Waals surface area contributed by atoms with E-state index < -0.39 is 37.3 Å². The van der Waals surface area contributed by atoms with Gasteiger partial charge in [-0.2, -0.15) is 0 Å². The van der Waals surface area contributed by atoms with Gasteiger partial charge in [-0.1, -0.05) is 45.0 Å². The molecule has 0 spiro atoms. The van der Waals surface area contributed by atoms with Gasteiger partial charge in [0.25, 0.3) is 0 Å². The number of nitrogens with zero attached hydrogens (tertiary/aromatic N) is 1. The van der Waals surface area contributed by atoms with E-state index in [1.54, 1.807) is 58.0 Å². The van der Waals surface area contributed by atoms with Crippen LogP contribution in [0.3, 0.4) is 0 Å². The van der Waals surface area contributed by atoms with Gasteiger partial charge in [0, 0.05) is 23.6 Å². The first-order valence-electron chi connectivity index (χ1n) is 14.5. The molecule has 0 radical (unpaired) electrons. The number of carbonyl (C=O) groups excluding carboxylic acids is 2. The fraction of sp³-hybridized carbons (Fsp3) is 0.455. The van der Waals surface area contributed by atoms with Crippen molar-refractivity contribution in [3.05, 3.63) is 75.6 Å². The van der Waals surface area contributed by atoms with Crippen LogP contribution >= 0.6 is 0 Å². The van der Waals surface area contributed by atoms with Crippen LogP contribution in [-0.2, 0) is 21.1 Å². The maximum atomic E-state index is 13.0. The van der Waals surface area contributed by atoms with Crippen molar-refractivity contribution in [2.45, 2.75) is 84.2 Å². The molecule has 0 fully saturated rings. The Labute approximate surface area is 259 Å². The third kappa shape index (κ3) is 8.15. The molecule has 3 aromatic rings. The highest BCUT2D eigenvalue weighted by Crippen LogP contribution is 2.40. The maximum absolute atomic E-state index is 13.0. The normalized spacial score (nSPS) is 13.7. The van der Waals surface area contributed by atoms with Gasteiger partial charge in [-0.3, -0.25) is 14.5 Å². The molecule has 2 N–H and O–H groups in total. The summed E-state index contributed by atoms with van der Waals surface area (Å²) in [5.74, 6) is 0.0594. The quantitative estimate of drug-likeness (QED) is 0.105. The minimum Gasteiger partial charge on any atom is -0.465 e. The Bertz CT molecular complexity index is 1590. The molecule has 0 aliphatic heterocycles. The van der Waals surface area contributed by atoms with Crippen molar-refractivity contribution in [2.24, 2.45) is 0 Å². The molecule has 1 heterocycles. The zero-order chi connectivity index (χ0) is 33.1. The molecule has 1 atom stereocenters. The number of hydrogen-bond acceptors (Lipinski definition) is 7. The number of nitrogens with one attached hydrogen (secondary N) is 1. The number of pyridine rings is 1. The molecule has 10 nitrogen and oxygen atoms in total. The molecule has 0 aliphatic carbocycles. The molecule has 0 saturated carbocycles. The first-order valence-corrected chi connectivity index (χ1v) is 17.4. The minimum atomic E-state index is -2.18. The first kappa shape index (κ1) is 34.5. The van der Waals surface area contributed by atoms with E-state index in [1.807, 2.05) is 6.07 Å². The summed E-state index contributed by atoms with van der Waals surface area (Å²) in [7, 11) is -2.18. The number of H-pyrrole nitrogens is 1. The van der Waals surface area contributed by atoms with E-state index >= 15 is 0 Å². The standard InChI is InChI=1S/C33H44N2O8Si/c1-31(2,3)43-30(40)42-26-15-14-25(24-13-16-27(37)34-28(24)26)33(7,20-22-11-10-12-23(19-22)21-36)35(29(38)39)17-18-41-44(8,9)32(4,5)6/h10-16,19,21H,17-18,20H2,1-9H3,(H,34,37)(H,38,39)/t33-/m1/s1. The highest BCUT2D eigenvalue weighted by Gasteiger charge is 2.41. The Morgan fingerprint density at radius 1 is 1.00 bits per heavy atom. The van der Waals surface area contributed by atoms with Crippen LogP contribution in [0.1, 0.15) is 70.0 Å². The van der Waals surface area contributed by atoms with Crippen molar-refractivity contribution < 1.29 is 33.4 Å². The predicted molar refractivity (Wildman–Crippen MR) is 172 cm³/mol. The van der Waals surface area contributed by atoms with E-state index in [2.05, 4.69) is 38.8 Å². The molecule has 11 heteroatoms. The summed E-state index contributed by atoms with van der Waals surface area (Å²) >= 11 is 0. The highest BCUT2D eigenvalue weighted by molar-refractivity contribution is 6.74. The zero-order valence-corrected chi connectivity index (χ0v) is 28.1. The second-order valence-corrected chi connectivity index (χ2v) is 18.5. The van der Waals surface area contributed by atoms with Gasteiger partial charge in [-0.05, 0) is 81.6 Å². The lowest BCUT2D eigenvalue weighted by Crippen LogP contribution is -2.51. The molecule has 0 bridgehead atoms. The number of carbonyl (C=O) groups is 3. The van der Waals surface area contributed by atoms with Crippen LogP contribution in [0.5, 0.6) is 5.75 Å². The lowest BCUT2D eigenvalue weighted by atomic mass is 9.81. The number of aldehydes is 1. The van der Waals surface area contributed by atoms with Crippen molar-refractivity contribution in [3.8, 4) is 5.75 Å². The Hall–Kier alpha value is -3.96. The van der Waals surface area contributed by atoms with Gasteiger partial charge < -0.3 is 24.0 Å². The molecule has 44 heavy (non-hydrogen) atoms. The summed E-state index contributed by atoms with van der Waals surface area (Å²) in [6, 6.07) is 13.1. The van der Waals surface area contributed by atoms with E-state index in [0.29, 0.717) is 16.5 Å². The summed E-state index contributed by atoms with van der Waals surface area (Å²) in [6.45, 7) is 17.7. The number of aromatic amines is 1. The highest BCUT2D eigenvalue weighted by atomic mass is 28.4. The number of rotatable bonds is 10. The number of aromatic nitrogens is 1. The van der Waals surface area contributed by atoms with E-state index in [9.17, 15) is 24.3 Å². The first-order chi connectivity index (χ1) is 20.3. The van der Waals surface area contributed by atoms with Gasteiger partial charge in [0.05, 0.1) is 17.7 Å². The zero-order valence-electron chi connectivity index (χ0n) is 27.1. The summed E-state index contributed by atoms with van der Waals surface area (Å²) < 4.78 is 17.2. The number of fused-ring (bicyclic) bond motifs is 1. The molecule has 1 amide bonds. The summed E-state index contributed by atoms with van der Waals surface area (Å²) in [4.78, 5) is 53.7. The predicted octanol–water partition coefficient (Wildman–Crippen LogP) is 7.11. The van der Waals surface area contributed by atoms with Gasteiger partial charge in [0.1, 0.15) is 11.9 Å². The van der Waals surface area contributed by atoms with Crippen LogP contribution in [0.25, 0.3) is 10.9 Å². The largest absolute Gasteiger partial charge is 0.514 e. The molecule has 0 unspecified atom stereocenters. The Balaban J connectivity index is 2.19. The SMILES string of the molecule is CC(C)(C)OC(=O)Oc1ccc([C@@](C)(Cc2cccc(C=O)c2)N(CCO[Si](C)(C)C(C)(C)C)C(=O)O)c2ccc(=O)[nH]c12. The molecule has 238 valence electrons. The van der Waals surface area contributed by atoms with Crippen LogP contribution in [0, 0.1) is 0 Å². The maximum Gasteiger partial charge on any atom is 0.514 e. The topological polar surface area (TPSA) is 135 Å². The van der Waals surface area contributed by atoms with E-state index in [1.165, 1.54) is 17.0 Å². The Kier molecular flexibility index (Phi) is 10.2. The number of hydrogen-bond donors (Lipinski definition) is 2. The van der Waals surface area contributed by atoms with Crippen molar-refractivity contribution in [1.29, 1.82) is 0 Å². The Morgan fingerprint density at radius 2 is 1.68 bits per heavy atom. The van der Waals surface area contributed by atoms with Crippen molar-refractivity contribution in [3.63, 3.8) is 0 Å². The van der Waals surface area contributed by atoms with Crippen LogP contribution in [0.4, 0.5) is 9.59 Å². The fourth-order valence-corrected chi connectivity index (χ4v) is 5.85. The molecule has 2 aromatic carbocycles. The van der Waals surface area contributed by atoms with Crippen LogP contribution in [-0.4, -0.2) is 60.6 Å². The van der Waals surface area contributed by atoms with Crippen molar-refractivity contribution >= 4 is 37.8 Å². The van der Waals surface area contributed by atoms with Gasteiger partial charge in [-0.15, -0.1) is 0 Å². The summed E-state index contributed by atoms with van der Waals surface area (Å²) in [5.41, 5.74) is -0.470. The molecule has 0 aliphatic rings. The Morgan fingerprint density at radius 3 is 2.27 bits per heavy atom. The van der Waals surface area contributed by atoms with Crippen LogP contribution in [0.2, 0.25) is 18.1 Å². The third-order valence-electron chi connectivity index (χ3n) is 8.07. The second-order valence-electron chi connectivity index (χ2n) is 13.6. The molecular formula is C33H44N2O8Si. The van der Waals surface area contributed by atoms with Crippen molar-refractivity contribution in [2.75, 3.05) is 13.2 Å². The lowest BCUT2D eigenvalue weighted by molar-refractivity contribution is 0.0208. The van der Waals surface area contributed by atoms with E-state index in [0.717, 1.165) is 11.8 Å². The lowest BCUT2D eigenvalue weighted by Gasteiger charge is -2.42. The average molecular weight is 625 g/mol. The van der Waals surface area contributed by atoms with Crippen LogP contribution < -0.4 is 10.3 Å². The number of carboxylic acid groups (broad SMARTS) is 1. The number of benzene rings is 2. The summed E-state index contributed by atoms with van der Waals surface area (Å²) in [6.07, 6.45) is -1.17. The second kappa shape index (κ2) is 13.0. The van der Waals surface area contributed by atoms with Crippen LogP contribution in [0.15, 0.2) is 53.3 Å². The summed E-state index contributed by atoms with van der Waals surface area (Å²) in [5, 5.41) is 11.0. The number of ether oxygens (including phenoxy) is 2. The smallest absolute Gasteiger partial charge is 0.465 e. The van der Waals surface area contributed by atoms with Gasteiger partial charge in [0.15, 0.2) is 14.1 Å². The molecule has 3 rings (SSSR count).